The molecule has 7 nitrogen and oxygen atoms in total. The molecule has 5 fully saturated rings. The van der Waals surface area contributed by atoms with Crippen LogP contribution in [0, 0.1) is 39.4 Å². The normalized spacial score (nSPS) is 42.4. The Morgan fingerprint density at radius 3 is 2.25 bits per heavy atom. The lowest BCUT2D eigenvalue weighted by atomic mass is 9.35. The van der Waals surface area contributed by atoms with Gasteiger partial charge < -0.3 is 20.2 Å². The number of aliphatic hydroxyl groups is 1. The lowest BCUT2D eigenvalue weighted by Crippen LogP contribution is -2.66. The zero-order valence-corrected chi connectivity index (χ0v) is 27.8. The first-order chi connectivity index (χ1) is 20.5. The summed E-state index contributed by atoms with van der Waals surface area (Å²) in [7, 11) is 2.13. The summed E-state index contributed by atoms with van der Waals surface area (Å²) in [5.41, 5.74) is 3.56. The predicted molar refractivity (Wildman–Crippen MR) is 170 cm³/mol. The summed E-state index contributed by atoms with van der Waals surface area (Å²) in [6, 6.07) is 0. The van der Waals surface area contributed by atoms with Gasteiger partial charge in [-0.25, -0.2) is 0 Å². The summed E-state index contributed by atoms with van der Waals surface area (Å²) in [5, 5.41) is 13.7. The largest absolute Gasteiger partial charge is 0.504 e. The molecule has 6 atom stereocenters. The van der Waals surface area contributed by atoms with E-state index in [0.29, 0.717) is 36.4 Å². The van der Waals surface area contributed by atoms with Gasteiger partial charge in [-0.05, 0) is 117 Å². The molecule has 2 aliphatic heterocycles. The fourth-order valence-corrected chi connectivity index (χ4v) is 11.1. The summed E-state index contributed by atoms with van der Waals surface area (Å²) in [4.78, 5) is 43.4. The van der Waals surface area contributed by atoms with Crippen LogP contribution in [0.2, 0.25) is 0 Å². The van der Waals surface area contributed by atoms with Crippen molar-refractivity contribution in [2.75, 3.05) is 33.2 Å². The van der Waals surface area contributed by atoms with E-state index >= 15 is 0 Å². The van der Waals surface area contributed by atoms with Crippen molar-refractivity contribution in [2.45, 2.75) is 92.0 Å². The molecule has 7 rings (SSSR count). The third kappa shape index (κ3) is 3.99. The van der Waals surface area contributed by atoms with Gasteiger partial charge >= 0.3 is 11.8 Å². The van der Waals surface area contributed by atoms with Gasteiger partial charge in [0.15, 0.2) is 5.76 Å². The number of hydrogen-bond acceptors (Lipinski definition) is 5. The minimum absolute atomic E-state index is 0.0000105. The van der Waals surface area contributed by atoms with Gasteiger partial charge in [0.2, 0.25) is 5.78 Å². The molecule has 0 bridgehead atoms. The van der Waals surface area contributed by atoms with Crippen LogP contribution in [0.4, 0.5) is 0 Å². The fraction of sp³-hybridized carbons (Fsp3) is 0.703. The van der Waals surface area contributed by atoms with Crippen LogP contribution in [-0.4, -0.2) is 71.3 Å². The molecule has 0 aromatic heterocycles. The van der Waals surface area contributed by atoms with Crippen molar-refractivity contribution in [1.82, 2.24) is 15.1 Å². The highest BCUT2D eigenvalue weighted by atomic mass is 16.3. The van der Waals surface area contributed by atoms with E-state index in [0.717, 1.165) is 69.2 Å². The molecule has 5 unspecified atom stereocenters. The number of allylic oxidation sites excluding steroid dienone is 7. The van der Waals surface area contributed by atoms with Gasteiger partial charge in [0.25, 0.3) is 0 Å². The van der Waals surface area contributed by atoms with Gasteiger partial charge in [0, 0.05) is 42.7 Å². The van der Waals surface area contributed by atoms with Gasteiger partial charge in [-0.2, -0.15) is 0 Å². The predicted octanol–water partition coefficient (Wildman–Crippen LogP) is 5.50. The van der Waals surface area contributed by atoms with Crippen molar-refractivity contribution >= 4 is 17.6 Å². The molecule has 0 aromatic rings. The summed E-state index contributed by atoms with van der Waals surface area (Å²) in [5.74, 6) is 0.343. The molecule has 5 aliphatic carbocycles. The Labute approximate surface area is 262 Å². The molecule has 2 N–H and O–H groups in total. The maximum Gasteiger partial charge on any atom is 0.311 e. The van der Waals surface area contributed by atoms with E-state index in [1.54, 1.807) is 11.0 Å². The molecule has 2 amide bonds. The van der Waals surface area contributed by atoms with Crippen molar-refractivity contribution in [3.8, 4) is 0 Å². The smallest absolute Gasteiger partial charge is 0.311 e. The van der Waals surface area contributed by atoms with E-state index in [-0.39, 0.29) is 39.1 Å². The first-order valence-electron chi connectivity index (χ1n) is 16.9. The molecule has 7 aliphatic rings. The summed E-state index contributed by atoms with van der Waals surface area (Å²) in [6.45, 7) is 17.3. The van der Waals surface area contributed by atoms with Crippen LogP contribution < -0.4 is 5.32 Å². The number of carbonyl (C=O) groups is 3. The molecule has 0 spiro atoms. The fourth-order valence-electron chi connectivity index (χ4n) is 11.1. The number of ketones is 1. The SMILES string of the molecule is CC1=C(O)C(=O)C=C2C1=CC=C1C2(C)CC[C@@]2(C)C3CC(C)(NC(=O)C(=O)N4CC(C5CN(C)C5)C4)CCC3(C)CCC12C. The average molecular weight is 602 g/mol. The molecule has 0 radical (unpaired) electrons. The number of rotatable bonds is 2. The maximum absolute atomic E-state index is 13.4. The van der Waals surface area contributed by atoms with Crippen molar-refractivity contribution in [3.05, 3.63) is 46.3 Å². The van der Waals surface area contributed by atoms with Crippen LogP contribution in [0.1, 0.15) is 86.5 Å². The van der Waals surface area contributed by atoms with E-state index in [4.69, 9.17) is 0 Å². The molecule has 2 heterocycles. The van der Waals surface area contributed by atoms with Gasteiger partial charge in [-0.3, -0.25) is 14.4 Å². The number of nitrogens with one attached hydrogen (secondary N) is 1. The number of hydrogen-bond donors (Lipinski definition) is 2. The summed E-state index contributed by atoms with van der Waals surface area (Å²) >= 11 is 0. The van der Waals surface area contributed by atoms with E-state index in [1.165, 1.54) is 5.57 Å². The van der Waals surface area contributed by atoms with Gasteiger partial charge in [-0.1, -0.05) is 45.4 Å². The Bertz CT molecular complexity index is 1480. The Morgan fingerprint density at radius 1 is 0.909 bits per heavy atom. The lowest BCUT2D eigenvalue weighted by Gasteiger charge is -2.70. The number of amides is 2. The number of aliphatic hydroxyl groups excluding tert-OH is 1. The van der Waals surface area contributed by atoms with Gasteiger partial charge in [0.05, 0.1) is 0 Å². The summed E-state index contributed by atoms with van der Waals surface area (Å²) in [6.07, 6.45) is 13.1. The zero-order chi connectivity index (χ0) is 31.6. The van der Waals surface area contributed by atoms with Crippen LogP contribution in [0.25, 0.3) is 0 Å². The lowest BCUT2D eigenvalue weighted by molar-refractivity contribution is -0.161. The Morgan fingerprint density at radius 2 is 1.57 bits per heavy atom. The number of nitrogens with zero attached hydrogens (tertiary/aromatic N) is 2. The van der Waals surface area contributed by atoms with Crippen LogP contribution in [0.3, 0.4) is 0 Å². The van der Waals surface area contributed by atoms with Crippen LogP contribution in [0.15, 0.2) is 46.3 Å². The molecule has 7 heteroatoms. The quantitative estimate of drug-likeness (QED) is 0.408. The standard InChI is InChI=1S/C37H51N3O4/c1-22-25-8-9-28-35(4,26(25)16-27(41)30(22)42)13-15-37(6)29-17-34(3,12-10-33(29,2)11-14-36(28,37)5)38-31(43)32(44)40-20-24(21-40)23-18-39(7)19-23/h8-9,16,23-24,29,42H,10-15,17-21H2,1-7H3,(H,38,43)/t29?,33?,34?,35?,36?,37-/m0/s1. The maximum atomic E-state index is 13.4. The molecule has 2 saturated heterocycles. The number of fused-ring (bicyclic) bond motifs is 7. The van der Waals surface area contributed by atoms with Crippen molar-refractivity contribution in [1.29, 1.82) is 0 Å². The minimum Gasteiger partial charge on any atom is -0.504 e. The van der Waals surface area contributed by atoms with Crippen LogP contribution in [0.5, 0.6) is 0 Å². The molecule has 44 heavy (non-hydrogen) atoms. The highest BCUT2D eigenvalue weighted by Crippen LogP contribution is 2.75. The third-order valence-electron chi connectivity index (χ3n) is 14.4. The van der Waals surface area contributed by atoms with Crippen LogP contribution in [-0.2, 0) is 14.4 Å². The second kappa shape index (κ2) is 9.43. The number of likely N-dealkylation sites (tertiary alicyclic amines) is 2. The van der Waals surface area contributed by atoms with Crippen molar-refractivity contribution < 1.29 is 19.5 Å². The monoisotopic (exact) mass is 601 g/mol. The third-order valence-corrected chi connectivity index (χ3v) is 14.4. The highest BCUT2D eigenvalue weighted by molar-refractivity contribution is 6.35. The second-order valence-corrected chi connectivity index (χ2v) is 17.0. The molecular formula is C37H51N3O4. The van der Waals surface area contributed by atoms with Gasteiger partial charge in [-0.15, -0.1) is 0 Å². The molecule has 238 valence electrons. The first kappa shape index (κ1) is 30.0. The molecular weight excluding hydrogens is 550 g/mol. The van der Waals surface area contributed by atoms with Crippen molar-refractivity contribution in [2.24, 2.45) is 39.4 Å². The summed E-state index contributed by atoms with van der Waals surface area (Å²) < 4.78 is 0. The highest BCUT2D eigenvalue weighted by Gasteiger charge is 2.67. The molecule has 3 saturated carbocycles. The number of carbonyl (C=O) groups excluding carboxylic acids is 3. The Kier molecular flexibility index (Phi) is 6.43. The van der Waals surface area contributed by atoms with Crippen LogP contribution >= 0.6 is 0 Å². The van der Waals surface area contributed by atoms with E-state index < -0.39 is 11.4 Å². The second-order valence-electron chi connectivity index (χ2n) is 17.0. The van der Waals surface area contributed by atoms with Gasteiger partial charge in [0.1, 0.15) is 0 Å². The Hall–Kier alpha value is -2.67. The van der Waals surface area contributed by atoms with Crippen molar-refractivity contribution in [3.63, 3.8) is 0 Å². The van der Waals surface area contributed by atoms with E-state index in [9.17, 15) is 19.5 Å². The Balaban J connectivity index is 1.13. The topological polar surface area (TPSA) is 89.9 Å². The zero-order valence-electron chi connectivity index (χ0n) is 27.8. The van der Waals surface area contributed by atoms with E-state index in [1.807, 2.05) is 6.92 Å². The van der Waals surface area contributed by atoms with E-state index in [2.05, 4.69) is 64.0 Å². The first-order valence-corrected chi connectivity index (χ1v) is 16.9. The molecule has 0 aromatic carbocycles. The minimum atomic E-state index is -0.437. The average Bonchev–Trinajstić information content (AvgIpc) is 2.93.